The molecule has 3 aromatic heterocycles. The maximum Gasteiger partial charge on any atom is 0.227 e. The molecule has 0 unspecified atom stereocenters. The second-order valence-corrected chi connectivity index (χ2v) is 6.87. The lowest BCUT2D eigenvalue weighted by Crippen LogP contribution is -2.19. The van der Waals surface area contributed by atoms with Gasteiger partial charge in [0.15, 0.2) is 5.82 Å². The van der Waals surface area contributed by atoms with Crippen LogP contribution in [0.4, 0.5) is 17.6 Å². The fourth-order valence-electron chi connectivity index (χ4n) is 2.95. The predicted molar refractivity (Wildman–Crippen MR) is 111 cm³/mol. The van der Waals surface area contributed by atoms with Gasteiger partial charge in [0.1, 0.15) is 5.82 Å². The summed E-state index contributed by atoms with van der Waals surface area (Å²) in [6.07, 6.45) is 4.38. The predicted octanol–water partition coefficient (Wildman–Crippen LogP) is 3.57. The van der Waals surface area contributed by atoms with Crippen LogP contribution in [0, 0.1) is 11.3 Å². The third-order valence-corrected chi connectivity index (χ3v) is 4.83. The Bertz CT molecular complexity index is 1170. The van der Waals surface area contributed by atoms with Crippen molar-refractivity contribution in [3.8, 4) is 6.07 Å². The average molecular weight is 408 g/mol. The molecule has 0 aliphatic rings. The van der Waals surface area contributed by atoms with Gasteiger partial charge in [-0.15, -0.1) is 0 Å². The first-order chi connectivity index (χ1) is 14.1. The van der Waals surface area contributed by atoms with Crippen LogP contribution in [-0.4, -0.2) is 37.2 Å². The lowest BCUT2D eigenvalue weighted by molar-refractivity contribution is 0.868. The minimum Gasteiger partial charge on any atom is -0.343 e. The van der Waals surface area contributed by atoms with Crippen molar-refractivity contribution in [2.24, 2.45) is 0 Å². The van der Waals surface area contributed by atoms with Gasteiger partial charge in [-0.1, -0.05) is 17.7 Å². The smallest absolute Gasteiger partial charge is 0.227 e. The van der Waals surface area contributed by atoms with E-state index in [4.69, 9.17) is 16.9 Å². The van der Waals surface area contributed by atoms with Crippen molar-refractivity contribution >= 4 is 40.2 Å². The molecule has 0 atom stereocenters. The molecule has 10 heteroatoms. The molecule has 0 saturated carbocycles. The van der Waals surface area contributed by atoms with Crippen LogP contribution in [-0.2, 0) is 13.0 Å². The van der Waals surface area contributed by atoms with Crippen LogP contribution in [0.25, 0.3) is 11.0 Å². The van der Waals surface area contributed by atoms with E-state index in [1.165, 1.54) is 0 Å². The second kappa shape index (κ2) is 8.16. The number of benzene rings is 1. The highest BCUT2D eigenvalue weighted by atomic mass is 35.5. The Kier molecular flexibility index (Phi) is 5.27. The first kappa shape index (κ1) is 18.7. The van der Waals surface area contributed by atoms with Gasteiger partial charge >= 0.3 is 0 Å². The van der Waals surface area contributed by atoms with E-state index >= 15 is 0 Å². The van der Waals surface area contributed by atoms with E-state index in [2.05, 4.69) is 41.5 Å². The molecule has 0 amide bonds. The monoisotopic (exact) mass is 407 g/mol. The Labute approximate surface area is 171 Å². The molecule has 0 aliphatic heterocycles. The van der Waals surface area contributed by atoms with Gasteiger partial charge in [0.2, 0.25) is 5.95 Å². The maximum atomic E-state index is 8.68. The molecule has 0 aliphatic carbocycles. The van der Waals surface area contributed by atoms with Crippen LogP contribution in [0.15, 0.2) is 36.8 Å². The number of nitrogens with zero attached hydrogens (tertiary/aromatic N) is 6. The number of fused-ring (bicyclic) bond motifs is 1. The van der Waals surface area contributed by atoms with Crippen molar-refractivity contribution in [1.82, 2.24) is 30.1 Å². The Morgan fingerprint density at radius 2 is 2.14 bits per heavy atom. The molecule has 3 N–H and O–H groups in total. The quantitative estimate of drug-likeness (QED) is 0.428. The summed E-state index contributed by atoms with van der Waals surface area (Å²) in [5, 5.41) is 19.6. The summed E-state index contributed by atoms with van der Waals surface area (Å²) in [6, 6.07) is 9.64. The zero-order valence-corrected chi connectivity index (χ0v) is 16.4. The van der Waals surface area contributed by atoms with Gasteiger partial charge in [0.25, 0.3) is 0 Å². The number of imidazole rings is 1. The van der Waals surface area contributed by atoms with E-state index in [0.717, 1.165) is 22.3 Å². The first-order valence-electron chi connectivity index (χ1n) is 8.97. The fourth-order valence-corrected chi connectivity index (χ4v) is 3.22. The zero-order valence-electron chi connectivity index (χ0n) is 15.6. The number of anilines is 3. The van der Waals surface area contributed by atoms with E-state index in [9.17, 15) is 0 Å². The van der Waals surface area contributed by atoms with E-state index in [0.29, 0.717) is 42.0 Å². The summed E-state index contributed by atoms with van der Waals surface area (Å²) < 4.78 is 0. The summed E-state index contributed by atoms with van der Waals surface area (Å²) in [6.45, 7) is 0.540. The summed E-state index contributed by atoms with van der Waals surface area (Å²) in [5.41, 5.74) is 3.49. The largest absolute Gasteiger partial charge is 0.343 e. The van der Waals surface area contributed by atoms with Gasteiger partial charge in [-0.05, 0) is 17.7 Å². The van der Waals surface area contributed by atoms with Crippen LogP contribution >= 0.6 is 11.6 Å². The SMILES string of the molecule is CN(Cc1ccc2nc[nH]c2c1Cl)c1nccc(Nc2cc(CCC#N)[nH]n2)n1. The normalized spacial score (nSPS) is 10.8. The van der Waals surface area contributed by atoms with Crippen LogP contribution < -0.4 is 10.2 Å². The maximum absolute atomic E-state index is 8.68. The van der Waals surface area contributed by atoms with Crippen LogP contribution in [0.2, 0.25) is 5.02 Å². The van der Waals surface area contributed by atoms with Crippen molar-refractivity contribution in [2.75, 3.05) is 17.3 Å². The molecule has 0 fully saturated rings. The van der Waals surface area contributed by atoms with Crippen molar-refractivity contribution in [1.29, 1.82) is 5.26 Å². The van der Waals surface area contributed by atoms with Crippen molar-refractivity contribution in [3.63, 3.8) is 0 Å². The molecule has 1 aromatic carbocycles. The number of aromatic amines is 2. The van der Waals surface area contributed by atoms with Crippen molar-refractivity contribution in [2.45, 2.75) is 19.4 Å². The Hall–Kier alpha value is -3.64. The molecule has 9 nitrogen and oxygen atoms in total. The van der Waals surface area contributed by atoms with Gasteiger partial charge in [-0.3, -0.25) is 5.10 Å². The first-order valence-corrected chi connectivity index (χ1v) is 9.35. The third-order valence-electron chi connectivity index (χ3n) is 4.40. The molecule has 0 bridgehead atoms. The summed E-state index contributed by atoms with van der Waals surface area (Å²) in [5.74, 6) is 1.81. The lowest BCUT2D eigenvalue weighted by Gasteiger charge is -2.18. The highest BCUT2D eigenvalue weighted by Gasteiger charge is 2.12. The number of halogens is 1. The minimum absolute atomic E-state index is 0.441. The van der Waals surface area contributed by atoms with Crippen molar-refractivity contribution in [3.05, 3.63) is 53.1 Å². The molecule has 4 rings (SSSR count). The Morgan fingerprint density at radius 3 is 3.00 bits per heavy atom. The van der Waals surface area contributed by atoms with E-state index < -0.39 is 0 Å². The van der Waals surface area contributed by atoms with Crippen LogP contribution in [0.1, 0.15) is 17.7 Å². The number of nitrogens with one attached hydrogen (secondary N) is 3. The van der Waals surface area contributed by atoms with Crippen molar-refractivity contribution < 1.29 is 0 Å². The number of nitriles is 1. The highest BCUT2D eigenvalue weighted by Crippen LogP contribution is 2.26. The molecule has 4 aromatic rings. The summed E-state index contributed by atoms with van der Waals surface area (Å²) in [7, 11) is 1.90. The average Bonchev–Trinajstić information content (AvgIpc) is 3.38. The Balaban J connectivity index is 1.48. The topological polar surface area (TPSA) is 122 Å². The molecule has 0 radical (unpaired) electrons. The van der Waals surface area contributed by atoms with Gasteiger partial charge in [-0.2, -0.15) is 15.3 Å². The molecule has 0 saturated heterocycles. The number of hydrogen-bond acceptors (Lipinski definition) is 7. The molecule has 29 heavy (non-hydrogen) atoms. The number of H-pyrrole nitrogens is 2. The summed E-state index contributed by atoms with van der Waals surface area (Å²) in [4.78, 5) is 18.1. The highest BCUT2D eigenvalue weighted by molar-refractivity contribution is 6.35. The molecular weight excluding hydrogens is 390 g/mol. The molecule has 146 valence electrons. The van der Waals surface area contributed by atoms with Gasteiger partial charge in [-0.25, -0.2) is 9.97 Å². The number of hydrogen-bond donors (Lipinski definition) is 3. The third kappa shape index (κ3) is 4.12. The number of aryl methyl sites for hydroxylation is 1. The van der Waals surface area contributed by atoms with E-state index in [1.54, 1.807) is 18.6 Å². The second-order valence-electron chi connectivity index (χ2n) is 6.49. The van der Waals surface area contributed by atoms with E-state index in [1.807, 2.05) is 30.1 Å². The fraction of sp³-hybridized carbons (Fsp3) is 0.211. The van der Waals surface area contributed by atoms with Gasteiger partial charge in [0, 0.05) is 44.4 Å². The molecule has 0 spiro atoms. The zero-order chi connectivity index (χ0) is 20.2. The molecule has 3 heterocycles. The van der Waals surface area contributed by atoms with Crippen LogP contribution in [0.3, 0.4) is 0 Å². The van der Waals surface area contributed by atoms with E-state index in [-0.39, 0.29) is 0 Å². The minimum atomic E-state index is 0.441. The van der Waals surface area contributed by atoms with Gasteiger partial charge < -0.3 is 15.2 Å². The molecular formula is C19H18ClN9. The summed E-state index contributed by atoms with van der Waals surface area (Å²) >= 11 is 6.51. The van der Waals surface area contributed by atoms with Crippen LogP contribution in [0.5, 0.6) is 0 Å². The Morgan fingerprint density at radius 1 is 1.24 bits per heavy atom. The lowest BCUT2D eigenvalue weighted by atomic mass is 10.2. The van der Waals surface area contributed by atoms with Gasteiger partial charge in [0.05, 0.1) is 28.5 Å². The number of rotatable bonds is 7. The standard InChI is InChI=1S/C19H18ClN9/c1-29(10-12-4-5-14-18(17(12)20)24-11-23-14)19-22-8-6-15(26-19)25-16-9-13(27-28-16)3-2-7-21/h4-6,8-9,11H,2-3,10H2,1H3,(H,23,24)(H2,22,25,26,27,28). The number of aromatic nitrogens is 6.